The van der Waals surface area contributed by atoms with E-state index < -0.39 is 0 Å². The van der Waals surface area contributed by atoms with E-state index in [1.807, 2.05) is 44.2 Å². The van der Waals surface area contributed by atoms with E-state index in [1.54, 1.807) is 7.11 Å². The first-order valence-corrected chi connectivity index (χ1v) is 8.31. The topological polar surface area (TPSA) is 56.8 Å². The van der Waals surface area contributed by atoms with Crippen molar-refractivity contribution in [1.29, 1.82) is 0 Å². The highest BCUT2D eigenvalue weighted by Crippen LogP contribution is 2.13. The molecular weight excluding hydrogens is 306 g/mol. The van der Waals surface area contributed by atoms with Gasteiger partial charge in [-0.3, -0.25) is 4.79 Å². The molecule has 132 valence electrons. The minimum Gasteiger partial charge on any atom is -0.380 e. The summed E-state index contributed by atoms with van der Waals surface area (Å²) in [5.41, 5.74) is 2.90. The molecule has 0 radical (unpaired) electrons. The highest BCUT2D eigenvalue weighted by Gasteiger charge is 2.28. The molecule has 1 aromatic rings. The maximum Gasteiger partial charge on any atom is 0.251 e. The molecule has 5 nitrogen and oxygen atoms in total. The predicted molar refractivity (Wildman–Crippen MR) is 93.0 cm³/mol. The standard InChI is InChI=1S/C19H27NO4/c1-14(2)8-11-24-18-13-23-10-9-17(18)20-19(21)16-6-4-15(5-7-16)12-22-3/h4-8,17-18H,9-13H2,1-3H3,(H,20,21)/t17-,18-/m1/s1. The van der Waals surface area contributed by atoms with E-state index in [2.05, 4.69) is 5.32 Å². The predicted octanol–water partition coefficient (Wildman–Crippen LogP) is 2.70. The third-order valence-electron chi connectivity index (χ3n) is 3.95. The molecule has 5 heteroatoms. The second-order valence-electron chi connectivity index (χ2n) is 6.23. The first kappa shape index (κ1) is 18.6. The Labute approximate surface area is 144 Å². The van der Waals surface area contributed by atoms with Crippen LogP contribution in [0.5, 0.6) is 0 Å². The van der Waals surface area contributed by atoms with E-state index in [1.165, 1.54) is 5.57 Å². The Morgan fingerprint density at radius 2 is 2.08 bits per heavy atom. The number of allylic oxidation sites excluding steroid dienone is 1. The number of hydrogen-bond donors (Lipinski definition) is 1. The SMILES string of the molecule is COCc1ccc(C(=O)N[C@@H]2CCOC[C@H]2OCC=C(C)C)cc1. The lowest BCUT2D eigenvalue weighted by Crippen LogP contribution is -2.50. The molecule has 1 aliphatic heterocycles. The molecule has 1 heterocycles. The van der Waals surface area contributed by atoms with Crippen LogP contribution in [-0.2, 0) is 20.8 Å². The molecular formula is C19H27NO4. The van der Waals surface area contributed by atoms with E-state index in [0.717, 1.165) is 12.0 Å². The van der Waals surface area contributed by atoms with Crippen LogP contribution in [0.2, 0.25) is 0 Å². The van der Waals surface area contributed by atoms with Gasteiger partial charge in [-0.05, 0) is 38.0 Å². The van der Waals surface area contributed by atoms with E-state index in [-0.39, 0.29) is 18.1 Å². The average molecular weight is 333 g/mol. The van der Waals surface area contributed by atoms with Crippen molar-refractivity contribution in [3.8, 4) is 0 Å². The third-order valence-corrected chi connectivity index (χ3v) is 3.95. The van der Waals surface area contributed by atoms with Gasteiger partial charge >= 0.3 is 0 Å². The number of methoxy groups -OCH3 is 1. The van der Waals surface area contributed by atoms with Crippen molar-refractivity contribution < 1.29 is 19.0 Å². The van der Waals surface area contributed by atoms with Crippen molar-refractivity contribution in [3.63, 3.8) is 0 Å². The zero-order valence-electron chi connectivity index (χ0n) is 14.7. The second-order valence-corrected chi connectivity index (χ2v) is 6.23. The Hall–Kier alpha value is -1.69. The molecule has 1 amide bonds. The van der Waals surface area contributed by atoms with Crippen molar-refractivity contribution in [2.45, 2.75) is 39.0 Å². The van der Waals surface area contributed by atoms with Crippen LogP contribution in [0.4, 0.5) is 0 Å². The van der Waals surface area contributed by atoms with Crippen molar-refractivity contribution in [1.82, 2.24) is 5.32 Å². The molecule has 0 spiro atoms. The van der Waals surface area contributed by atoms with E-state index in [0.29, 0.717) is 32.0 Å². The zero-order valence-corrected chi connectivity index (χ0v) is 14.7. The Bertz CT molecular complexity index is 549. The van der Waals surface area contributed by atoms with E-state index in [9.17, 15) is 4.79 Å². The van der Waals surface area contributed by atoms with Gasteiger partial charge in [-0.15, -0.1) is 0 Å². The summed E-state index contributed by atoms with van der Waals surface area (Å²) in [6.45, 7) is 6.30. The van der Waals surface area contributed by atoms with Gasteiger partial charge in [-0.2, -0.15) is 0 Å². The van der Waals surface area contributed by atoms with Crippen molar-refractivity contribution in [2.75, 3.05) is 26.9 Å². The largest absolute Gasteiger partial charge is 0.380 e. The maximum absolute atomic E-state index is 12.5. The van der Waals surface area contributed by atoms with Crippen LogP contribution in [0, 0.1) is 0 Å². The van der Waals surface area contributed by atoms with Crippen LogP contribution in [0.3, 0.4) is 0 Å². The molecule has 0 aliphatic carbocycles. The quantitative estimate of drug-likeness (QED) is 0.780. The Kier molecular flexibility index (Phi) is 7.43. The molecule has 24 heavy (non-hydrogen) atoms. The monoisotopic (exact) mass is 333 g/mol. The number of nitrogens with one attached hydrogen (secondary N) is 1. The summed E-state index contributed by atoms with van der Waals surface area (Å²) in [7, 11) is 1.65. The van der Waals surface area contributed by atoms with Crippen LogP contribution < -0.4 is 5.32 Å². The minimum atomic E-state index is -0.119. The van der Waals surface area contributed by atoms with Crippen LogP contribution in [0.15, 0.2) is 35.9 Å². The molecule has 0 bridgehead atoms. The van der Waals surface area contributed by atoms with Gasteiger partial charge in [0.15, 0.2) is 0 Å². The van der Waals surface area contributed by atoms with Gasteiger partial charge in [-0.1, -0.05) is 23.8 Å². The summed E-state index contributed by atoms with van der Waals surface area (Å²) in [4.78, 5) is 12.5. The zero-order chi connectivity index (χ0) is 17.4. The third kappa shape index (κ3) is 5.74. The molecule has 1 aliphatic rings. The van der Waals surface area contributed by atoms with E-state index in [4.69, 9.17) is 14.2 Å². The Morgan fingerprint density at radius 3 is 2.75 bits per heavy atom. The average Bonchev–Trinajstić information content (AvgIpc) is 2.57. The lowest BCUT2D eigenvalue weighted by Gasteiger charge is -2.31. The molecule has 1 N–H and O–H groups in total. The van der Waals surface area contributed by atoms with Gasteiger partial charge in [-0.25, -0.2) is 0 Å². The number of carbonyl (C=O) groups is 1. The summed E-state index contributed by atoms with van der Waals surface area (Å²) in [6.07, 6.45) is 2.67. The second kappa shape index (κ2) is 9.57. The van der Waals surface area contributed by atoms with Gasteiger partial charge in [0.2, 0.25) is 0 Å². The lowest BCUT2D eigenvalue weighted by atomic mass is 10.0. The summed E-state index contributed by atoms with van der Waals surface area (Å²) < 4.78 is 16.4. The van der Waals surface area contributed by atoms with Gasteiger partial charge in [0.05, 0.1) is 25.9 Å². The molecule has 0 saturated carbocycles. The van der Waals surface area contributed by atoms with Crippen LogP contribution >= 0.6 is 0 Å². The number of ether oxygens (including phenoxy) is 3. The van der Waals surface area contributed by atoms with Crippen LogP contribution in [-0.4, -0.2) is 45.0 Å². The molecule has 0 unspecified atom stereocenters. The highest BCUT2D eigenvalue weighted by atomic mass is 16.5. The normalized spacial score (nSPS) is 20.5. The lowest BCUT2D eigenvalue weighted by molar-refractivity contribution is -0.0589. The number of benzene rings is 1. The molecule has 1 fully saturated rings. The summed E-state index contributed by atoms with van der Waals surface area (Å²) >= 11 is 0. The first-order chi connectivity index (χ1) is 11.6. The summed E-state index contributed by atoms with van der Waals surface area (Å²) in [5, 5.41) is 3.08. The van der Waals surface area contributed by atoms with Crippen LogP contribution in [0.1, 0.15) is 36.2 Å². The van der Waals surface area contributed by atoms with Crippen molar-refractivity contribution in [2.24, 2.45) is 0 Å². The fourth-order valence-electron chi connectivity index (χ4n) is 2.55. The Morgan fingerprint density at radius 1 is 1.33 bits per heavy atom. The number of carbonyl (C=O) groups excluding carboxylic acids is 1. The fourth-order valence-corrected chi connectivity index (χ4v) is 2.55. The maximum atomic E-state index is 12.5. The van der Waals surface area contributed by atoms with Crippen molar-refractivity contribution >= 4 is 5.91 Å². The molecule has 1 saturated heterocycles. The summed E-state index contributed by atoms with van der Waals surface area (Å²) in [6, 6.07) is 7.43. The minimum absolute atomic E-state index is 0.0320. The molecule has 1 aromatic carbocycles. The molecule has 2 rings (SSSR count). The number of hydrogen-bond acceptors (Lipinski definition) is 4. The molecule has 2 atom stereocenters. The van der Waals surface area contributed by atoms with Gasteiger partial charge in [0.25, 0.3) is 5.91 Å². The summed E-state index contributed by atoms with van der Waals surface area (Å²) in [5.74, 6) is -0.0818. The fraction of sp³-hybridized carbons (Fsp3) is 0.526. The highest BCUT2D eigenvalue weighted by molar-refractivity contribution is 5.94. The van der Waals surface area contributed by atoms with Gasteiger partial charge < -0.3 is 19.5 Å². The van der Waals surface area contributed by atoms with Gasteiger partial charge in [0.1, 0.15) is 6.10 Å². The van der Waals surface area contributed by atoms with Crippen LogP contribution in [0.25, 0.3) is 0 Å². The smallest absolute Gasteiger partial charge is 0.251 e. The molecule has 0 aromatic heterocycles. The van der Waals surface area contributed by atoms with E-state index >= 15 is 0 Å². The number of amides is 1. The number of rotatable bonds is 7. The van der Waals surface area contributed by atoms with Gasteiger partial charge in [0, 0.05) is 19.3 Å². The first-order valence-electron chi connectivity index (χ1n) is 8.31. The Balaban J connectivity index is 1.93. The van der Waals surface area contributed by atoms with Crippen molar-refractivity contribution in [3.05, 3.63) is 47.0 Å².